The highest BCUT2D eigenvalue weighted by Crippen LogP contribution is 2.27. The van der Waals surface area contributed by atoms with Crippen LogP contribution in [0.4, 0.5) is 10.5 Å². The van der Waals surface area contributed by atoms with Gasteiger partial charge in [0.05, 0.1) is 4.47 Å². The Morgan fingerprint density at radius 3 is 2.38 bits per heavy atom. The second-order valence-electron chi connectivity index (χ2n) is 5.97. The van der Waals surface area contributed by atoms with Crippen LogP contribution >= 0.6 is 27.7 Å². The summed E-state index contributed by atoms with van der Waals surface area (Å²) >= 11 is 4.57. The molecule has 2 rings (SSSR count). The summed E-state index contributed by atoms with van der Waals surface area (Å²) in [5, 5.41) is 2.76. The highest BCUT2D eigenvalue weighted by Gasteiger charge is 2.16. The standard InChI is InChI=1S/C19H21BrN2O3S/c1-12-5-10-17(16(20)11-12)25-13(2)18(23)21-14-6-8-15(9-7-14)26-19(24)22(3)4/h5-11,13H,1-4H3,(H,21,23). The number of halogens is 1. The lowest BCUT2D eigenvalue weighted by molar-refractivity contribution is -0.122. The Morgan fingerprint density at radius 1 is 1.15 bits per heavy atom. The molecular weight excluding hydrogens is 416 g/mol. The number of ether oxygens (including phenoxy) is 1. The molecule has 2 aromatic carbocycles. The maximum absolute atomic E-state index is 12.3. The van der Waals surface area contributed by atoms with Crippen LogP contribution in [0.3, 0.4) is 0 Å². The van der Waals surface area contributed by atoms with Gasteiger partial charge in [-0.05, 0) is 83.5 Å². The molecule has 1 unspecified atom stereocenters. The van der Waals surface area contributed by atoms with Gasteiger partial charge in [-0.1, -0.05) is 6.07 Å². The summed E-state index contributed by atoms with van der Waals surface area (Å²) in [6.07, 6.45) is -0.654. The molecule has 0 aliphatic rings. The van der Waals surface area contributed by atoms with E-state index in [-0.39, 0.29) is 11.1 Å². The van der Waals surface area contributed by atoms with Gasteiger partial charge in [-0.25, -0.2) is 0 Å². The molecule has 0 saturated heterocycles. The Labute approximate surface area is 166 Å². The lowest BCUT2D eigenvalue weighted by Crippen LogP contribution is -2.30. The van der Waals surface area contributed by atoms with Crippen molar-refractivity contribution >= 4 is 44.5 Å². The monoisotopic (exact) mass is 436 g/mol. The highest BCUT2D eigenvalue weighted by atomic mass is 79.9. The molecule has 0 aromatic heterocycles. The Bertz CT molecular complexity index is 794. The molecule has 5 nitrogen and oxygen atoms in total. The third-order valence-electron chi connectivity index (χ3n) is 3.45. The molecule has 7 heteroatoms. The number of amides is 2. The molecule has 0 fully saturated rings. The average Bonchev–Trinajstić information content (AvgIpc) is 2.58. The van der Waals surface area contributed by atoms with Gasteiger partial charge in [0.2, 0.25) is 0 Å². The van der Waals surface area contributed by atoms with Crippen LogP contribution in [0, 0.1) is 6.92 Å². The molecule has 0 saturated carbocycles. The van der Waals surface area contributed by atoms with E-state index in [1.54, 1.807) is 45.3 Å². The van der Waals surface area contributed by atoms with Crippen molar-refractivity contribution < 1.29 is 14.3 Å². The second kappa shape index (κ2) is 9.09. The van der Waals surface area contributed by atoms with Gasteiger partial charge in [0.15, 0.2) is 6.10 Å². The zero-order valence-electron chi connectivity index (χ0n) is 15.1. The van der Waals surface area contributed by atoms with Crippen LogP contribution in [0.5, 0.6) is 5.75 Å². The van der Waals surface area contributed by atoms with Crippen molar-refractivity contribution in [3.8, 4) is 5.75 Å². The van der Waals surface area contributed by atoms with E-state index in [1.165, 1.54) is 4.90 Å². The lowest BCUT2D eigenvalue weighted by atomic mass is 10.2. The fourth-order valence-electron chi connectivity index (χ4n) is 1.99. The number of thioether (sulfide) groups is 1. The highest BCUT2D eigenvalue weighted by molar-refractivity contribution is 9.10. The number of anilines is 1. The zero-order chi connectivity index (χ0) is 19.3. The zero-order valence-corrected chi connectivity index (χ0v) is 17.5. The van der Waals surface area contributed by atoms with Gasteiger partial charge in [0.1, 0.15) is 5.75 Å². The van der Waals surface area contributed by atoms with Gasteiger partial charge in [-0.3, -0.25) is 9.59 Å². The second-order valence-corrected chi connectivity index (χ2v) is 7.85. The first kappa shape index (κ1) is 20.3. The van der Waals surface area contributed by atoms with Gasteiger partial charge < -0.3 is 15.0 Å². The largest absolute Gasteiger partial charge is 0.480 e. The van der Waals surface area contributed by atoms with Gasteiger partial charge in [-0.2, -0.15) is 0 Å². The SMILES string of the molecule is Cc1ccc(OC(C)C(=O)Nc2ccc(SC(=O)N(C)C)cc2)c(Br)c1. The number of nitrogens with one attached hydrogen (secondary N) is 1. The fraction of sp³-hybridized carbons (Fsp3) is 0.263. The minimum atomic E-state index is -0.654. The van der Waals surface area contributed by atoms with Gasteiger partial charge >= 0.3 is 0 Å². The third kappa shape index (κ3) is 5.78. The van der Waals surface area contributed by atoms with E-state index >= 15 is 0 Å². The Morgan fingerprint density at radius 2 is 1.81 bits per heavy atom. The van der Waals surface area contributed by atoms with Crippen molar-refractivity contribution in [1.29, 1.82) is 0 Å². The number of benzene rings is 2. The summed E-state index contributed by atoms with van der Waals surface area (Å²) in [5.74, 6) is 0.370. The Kier molecular flexibility index (Phi) is 7.11. The van der Waals surface area contributed by atoms with E-state index < -0.39 is 6.10 Å². The molecule has 1 atom stereocenters. The van der Waals surface area contributed by atoms with Gasteiger partial charge in [0, 0.05) is 24.7 Å². The van der Waals surface area contributed by atoms with E-state index in [0.717, 1.165) is 26.7 Å². The van der Waals surface area contributed by atoms with E-state index in [4.69, 9.17) is 4.74 Å². The molecule has 0 aliphatic carbocycles. The van der Waals surface area contributed by atoms with E-state index in [9.17, 15) is 9.59 Å². The van der Waals surface area contributed by atoms with Crippen LogP contribution < -0.4 is 10.1 Å². The summed E-state index contributed by atoms with van der Waals surface area (Å²) in [5.41, 5.74) is 1.75. The van der Waals surface area contributed by atoms with Crippen molar-refractivity contribution in [3.05, 3.63) is 52.5 Å². The summed E-state index contributed by atoms with van der Waals surface area (Å²) in [4.78, 5) is 26.3. The predicted octanol–water partition coefficient (Wildman–Crippen LogP) is 4.94. The molecule has 0 bridgehead atoms. The lowest BCUT2D eigenvalue weighted by Gasteiger charge is -2.16. The van der Waals surface area contributed by atoms with Crippen LogP contribution in [0.25, 0.3) is 0 Å². The summed E-state index contributed by atoms with van der Waals surface area (Å²) in [6, 6.07) is 12.8. The van der Waals surface area contributed by atoms with Crippen molar-refractivity contribution in [2.24, 2.45) is 0 Å². The molecule has 0 radical (unpaired) electrons. The quantitative estimate of drug-likeness (QED) is 0.674. The van der Waals surface area contributed by atoms with Crippen molar-refractivity contribution in [1.82, 2.24) is 4.90 Å². The number of hydrogen-bond donors (Lipinski definition) is 1. The molecule has 0 spiro atoms. The Balaban J connectivity index is 1.95. The first-order valence-corrected chi connectivity index (χ1v) is 9.60. The molecule has 138 valence electrons. The van der Waals surface area contributed by atoms with E-state index in [2.05, 4.69) is 21.2 Å². The van der Waals surface area contributed by atoms with E-state index in [1.807, 2.05) is 25.1 Å². The summed E-state index contributed by atoms with van der Waals surface area (Å²) in [6.45, 7) is 3.68. The smallest absolute Gasteiger partial charge is 0.285 e. The molecule has 2 amide bonds. The first-order valence-electron chi connectivity index (χ1n) is 7.99. The average molecular weight is 437 g/mol. The van der Waals surface area contributed by atoms with Crippen LogP contribution in [0.1, 0.15) is 12.5 Å². The molecule has 0 heterocycles. The first-order chi connectivity index (χ1) is 12.3. The minimum absolute atomic E-state index is 0.0486. The molecule has 26 heavy (non-hydrogen) atoms. The predicted molar refractivity (Wildman–Crippen MR) is 109 cm³/mol. The number of rotatable bonds is 5. The molecule has 1 N–H and O–H groups in total. The van der Waals surface area contributed by atoms with Crippen LogP contribution in [-0.2, 0) is 4.79 Å². The molecular formula is C19H21BrN2O3S. The minimum Gasteiger partial charge on any atom is -0.480 e. The van der Waals surface area contributed by atoms with Crippen molar-refractivity contribution in [2.75, 3.05) is 19.4 Å². The Hall–Kier alpha value is -1.99. The van der Waals surface area contributed by atoms with Gasteiger partial charge in [0.25, 0.3) is 11.1 Å². The van der Waals surface area contributed by atoms with Crippen molar-refractivity contribution in [2.45, 2.75) is 24.8 Å². The number of aryl methyl sites for hydroxylation is 1. The summed E-state index contributed by atoms with van der Waals surface area (Å²) < 4.78 is 6.53. The number of nitrogens with zero attached hydrogens (tertiary/aromatic N) is 1. The number of hydrogen-bond acceptors (Lipinski definition) is 4. The van der Waals surface area contributed by atoms with Crippen molar-refractivity contribution in [3.63, 3.8) is 0 Å². The molecule has 0 aliphatic heterocycles. The topological polar surface area (TPSA) is 58.6 Å². The van der Waals surface area contributed by atoms with Crippen LogP contribution in [0.15, 0.2) is 51.8 Å². The number of carbonyl (C=O) groups excluding carboxylic acids is 2. The van der Waals surface area contributed by atoms with Crippen LogP contribution in [-0.4, -0.2) is 36.2 Å². The summed E-state index contributed by atoms with van der Waals surface area (Å²) in [7, 11) is 3.41. The maximum atomic E-state index is 12.3. The third-order valence-corrected chi connectivity index (χ3v) is 5.12. The van der Waals surface area contributed by atoms with E-state index in [0.29, 0.717) is 11.4 Å². The maximum Gasteiger partial charge on any atom is 0.285 e. The number of carbonyl (C=O) groups is 2. The van der Waals surface area contributed by atoms with Gasteiger partial charge in [-0.15, -0.1) is 0 Å². The fourth-order valence-corrected chi connectivity index (χ4v) is 3.23. The van der Waals surface area contributed by atoms with Crippen LogP contribution in [0.2, 0.25) is 0 Å². The normalized spacial score (nSPS) is 11.6. The molecule has 2 aromatic rings.